The van der Waals surface area contributed by atoms with Crippen molar-refractivity contribution in [2.24, 2.45) is 0 Å². The van der Waals surface area contributed by atoms with Crippen LogP contribution in [0.5, 0.6) is 23.0 Å². The molecule has 1 aliphatic heterocycles. The molecule has 1 aliphatic rings. The summed E-state index contributed by atoms with van der Waals surface area (Å²) in [5, 5.41) is 44.2. The van der Waals surface area contributed by atoms with Crippen LogP contribution in [0.1, 0.15) is 24.1 Å². The number of allylic oxidation sites excluding steroid dienone is 2. The molecule has 1 unspecified atom stereocenters. The first kappa shape index (κ1) is 20.9. The smallest absolute Gasteiger partial charge is 0.168 e. The first-order valence-corrected chi connectivity index (χ1v) is 10.6. The molecule has 0 saturated carbocycles. The van der Waals surface area contributed by atoms with Crippen LogP contribution < -0.4 is 10.8 Å². The van der Waals surface area contributed by atoms with E-state index in [0.29, 0.717) is 5.57 Å². The number of hydrogen-bond acceptors (Lipinski definition) is 5. The van der Waals surface area contributed by atoms with Gasteiger partial charge in [0, 0.05) is 21.7 Å². The highest BCUT2D eigenvalue weighted by atomic mass is 79.9. The van der Waals surface area contributed by atoms with Crippen molar-refractivity contribution in [2.45, 2.75) is 13.0 Å². The molecule has 3 aromatic carbocycles. The predicted octanol–water partition coefficient (Wildman–Crippen LogP) is 3.83. The van der Waals surface area contributed by atoms with E-state index < -0.39 is 23.0 Å². The van der Waals surface area contributed by atoms with Gasteiger partial charge in [0.25, 0.3) is 0 Å². The van der Waals surface area contributed by atoms with E-state index in [9.17, 15) is 20.4 Å². The van der Waals surface area contributed by atoms with Gasteiger partial charge in [-0.3, -0.25) is 0 Å². The molecule has 0 fully saturated rings. The highest BCUT2D eigenvalue weighted by Gasteiger charge is 2.26. The normalized spacial score (nSPS) is 15.7. The third kappa shape index (κ3) is 3.66. The molecule has 5 nitrogen and oxygen atoms in total. The van der Waals surface area contributed by atoms with E-state index in [1.165, 1.54) is 7.85 Å². The number of rotatable bonds is 3. The molecule has 0 aromatic heterocycles. The maximum atomic E-state index is 10.4. The molecule has 0 spiro atoms. The number of benzene rings is 3. The fraction of sp³-hybridized carbons (Fsp3) is 0.0833. The zero-order valence-corrected chi connectivity index (χ0v) is 18.6. The predicted molar refractivity (Wildman–Crippen MR) is 128 cm³/mol. The van der Waals surface area contributed by atoms with Crippen molar-refractivity contribution in [1.29, 1.82) is 0 Å². The third-order valence-corrected chi connectivity index (χ3v) is 6.30. The zero-order chi connectivity index (χ0) is 22.3. The van der Waals surface area contributed by atoms with E-state index in [0.717, 1.165) is 26.7 Å². The molecular weight excluding hydrogens is 457 g/mol. The molecule has 7 heteroatoms. The van der Waals surface area contributed by atoms with Crippen LogP contribution >= 0.6 is 15.9 Å². The van der Waals surface area contributed by atoms with Crippen molar-refractivity contribution in [1.82, 2.24) is 5.32 Å². The topological polar surface area (TPSA) is 93.0 Å². The Labute approximate surface area is 189 Å². The molecule has 1 atom stereocenters. The Bertz CT molecular complexity index is 1210. The van der Waals surface area contributed by atoms with Crippen molar-refractivity contribution in [3.8, 4) is 34.1 Å². The summed E-state index contributed by atoms with van der Waals surface area (Å²) in [4.78, 5) is 0. The van der Waals surface area contributed by atoms with Crippen molar-refractivity contribution < 1.29 is 20.4 Å². The monoisotopic (exact) mass is 477 g/mol. The van der Waals surface area contributed by atoms with Gasteiger partial charge in [-0.1, -0.05) is 64.5 Å². The van der Waals surface area contributed by atoms with E-state index in [1.807, 2.05) is 43.3 Å². The van der Waals surface area contributed by atoms with Crippen LogP contribution in [-0.4, -0.2) is 28.3 Å². The van der Waals surface area contributed by atoms with E-state index in [2.05, 4.69) is 39.4 Å². The van der Waals surface area contributed by atoms with Gasteiger partial charge in [-0.2, -0.15) is 0 Å². The van der Waals surface area contributed by atoms with Gasteiger partial charge in [0.05, 0.1) is 11.6 Å². The van der Waals surface area contributed by atoms with Gasteiger partial charge in [0.1, 0.15) is 7.85 Å². The van der Waals surface area contributed by atoms with E-state index in [-0.39, 0.29) is 17.1 Å². The second-order valence-electron chi connectivity index (χ2n) is 7.55. The first-order chi connectivity index (χ1) is 14.8. The number of aromatic hydroxyl groups is 4. The lowest BCUT2D eigenvalue weighted by molar-refractivity contribution is 0.376. The average Bonchev–Trinajstić information content (AvgIpc) is 2.78. The molecule has 0 bridgehead atoms. The number of hydrogen-bond donors (Lipinski definition) is 5. The summed E-state index contributed by atoms with van der Waals surface area (Å²) in [6.45, 7) is 1.85. The molecule has 3 aromatic rings. The Morgan fingerprint density at radius 3 is 2.06 bits per heavy atom. The van der Waals surface area contributed by atoms with Crippen LogP contribution in [0.4, 0.5) is 0 Å². The van der Waals surface area contributed by atoms with Crippen molar-refractivity contribution in [2.75, 3.05) is 0 Å². The number of phenols is 4. The number of phenolic OH excluding ortho intramolecular Hbond substituents is 4. The maximum Gasteiger partial charge on any atom is 0.168 e. The quantitative estimate of drug-likeness (QED) is 0.224. The fourth-order valence-corrected chi connectivity index (χ4v) is 4.29. The summed E-state index contributed by atoms with van der Waals surface area (Å²) >= 11 is 3.58. The number of halogens is 1. The van der Waals surface area contributed by atoms with Crippen LogP contribution in [0.3, 0.4) is 0 Å². The molecule has 1 heterocycles. The SMILES string of the molecule is Bc1c(O)c(O)c(C2=CNC(c3ccc(-c4ccccc4Br)cc3)C=C2C)c(O)c1O. The Hall–Kier alpha value is -3.32. The lowest BCUT2D eigenvalue weighted by Gasteiger charge is -2.24. The van der Waals surface area contributed by atoms with Crippen LogP contribution in [0, 0.1) is 0 Å². The molecule has 0 radical (unpaired) electrons. The minimum Gasteiger partial charge on any atom is -0.505 e. The van der Waals surface area contributed by atoms with Crippen LogP contribution in [0.25, 0.3) is 16.7 Å². The minimum absolute atomic E-state index is 0.00965. The van der Waals surface area contributed by atoms with Crippen molar-refractivity contribution in [3.63, 3.8) is 0 Å². The summed E-state index contributed by atoms with van der Waals surface area (Å²) in [6, 6.07) is 16.2. The molecule has 0 amide bonds. The van der Waals surface area contributed by atoms with Gasteiger partial charge in [-0.15, -0.1) is 0 Å². The second kappa shape index (κ2) is 8.08. The molecule has 31 heavy (non-hydrogen) atoms. The largest absolute Gasteiger partial charge is 0.505 e. The van der Waals surface area contributed by atoms with Crippen LogP contribution in [0.2, 0.25) is 0 Å². The fourth-order valence-electron chi connectivity index (χ4n) is 3.77. The van der Waals surface area contributed by atoms with Gasteiger partial charge in [-0.25, -0.2) is 0 Å². The summed E-state index contributed by atoms with van der Waals surface area (Å²) in [5.41, 5.74) is 4.55. The summed E-state index contributed by atoms with van der Waals surface area (Å²) in [6.07, 6.45) is 3.64. The standard InChI is InChI=1S/C24H21BBrNO4/c1-12-10-18(14-8-6-13(7-9-14)15-4-2-3-5-17(15)26)27-11-16(12)19-21(28)23(30)20(25)24(31)22(19)29/h2-11,18,27-31H,25H2,1H3. The lowest BCUT2D eigenvalue weighted by Crippen LogP contribution is -2.18. The summed E-state index contributed by atoms with van der Waals surface area (Å²) in [5.74, 6) is -1.85. The number of nitrogens with one attached hydrogen (secondary N) is 1. The highest BCUT2D eigenvalue weighted by molar-refractivity contribution is 9.10. The van der Waals surface area contributed by atoms with Gasteiger partial charge in [-0.05, 0) is 35.3 Å². The van der Waals surface area contributed by atoms with Gasteiger partial charge >= 0.3 is 0 Å². The molecule has 0 aliphatic carbocycles. The molecule has 156 valence electrons. The van der Waals surface area contributed by atoms with Crippen molar-refractivity contribution in [3.05, 3.63) is 82.0 Å². The Balaban J connectivity index is 1.64. The van der Waals surface area contributed by atoms with E-state index in [1.54, 1.807) is 6.20 Å². The molecule has 0 saturated heterocycles. The Morgan fingerprint density at radius 2 is 1.48 bits per heavy atom. The van der Waals surface area contributed by atoms with E-state index >= 15 is 0 Å². The summed E-state index contributed by atoms with van der Waals surface area (Å²) in [7, 11) is 1.41. The lowest BCUT2D eigenvalue weighted by atomic mass is 9.86. The highest BCUT2D eigenvalue weighted by Crippen LogP contribution is 2.46. The van der Waals surface area contributed by atoms with Gasteiger partial charge in [0.15, 0.2) is 23.0 Å². The average molecular weight is 478 g/mol. The molecule has 5 N–H and O–H groups in total. The van der Waals surface area contributed by atoms with Gasteiger partial charge < -0.3 is 25.7 Å². The van der Waals surface area contributed by atoms with Gasteiger partial charge in [0.2, 0.25) is 0 Å². The minimum atomic E-state index is -0.468. The van der Waals surface area contributed by atoms with Crippen molar-refractivity contribution >= 4 is 34.8 Å². The first-order valence-electron chi connectivity index (χ1n) is 9.76. The maximum absolute atomic E-state index is 10.4. The van der Waals surface area contributed by atoms with Crippen LogP contribution in [-0.2, 0) is 0 Å². The Kier molecular flexibility index (Phi) is 5.46. The van der Waals surface area contributed by atoms with Crippen LogP contribution in [0.15, 0.2) is 70.9 Å². The molecule has 4 rings (SSSR count). The second-order valence-corrected chi connectivity index (χ2v) is 8.40. The molecular formula is C24H21BBrNO4. The third-order valence-electron chi connectivity index (χ3n) is 5.61. The number of dihydropyridines is 1. The van der Waals surface area contributed by atoms with E-state index in [4.69, 9.17) is 0 Å². The zero-order valence-electron chi connectivity index (χ0n) is 17.0. The summed E-state index contributed by atoms with van der Waals surface area (Å²) < 4.78 is 1.03. The Morgan fingerprint density at radius 1 is 0.871 bits per heavy atom.